The number of hydrogen-bond donors (Lipinski definition) is 1. The first-order valence-corrected chi connectivity index (χ1v) is 6.68. The Morgan fingerprint density at radius 1 is 1.63 bits per heavy atom. The fourth-order valence-corrected chi connectivity index (χ4v) is 2.65. The first-order chi connectivity index (χ1) is 9.11. The molecular weight excluding hydrogens is 244 g/mol. The Morgan fingerprint density at radius 2 is 2.42 bits per heavy atom. The van der Waals surface area contributed by atoms with E-state index in [1.54, 1.807) is 12.3 Å². The lowest BCUT2D eigenvalue weighted by Crippen LogP contribution is -2.37. The van der Waals surface area contributed by atoms with Crippen LogP contribution in [-0.2, 0) is 0 Å². The summed E-state index contributed by atoms with van der Waals surface area (Å²) in [7, 11) is 0. The van der Waals surface area contributed by atoms with Crippen molar-refractivity contribution >= 4 is 11.5 Å². The summed E-state index contributed by atoms with van der Waals surface area (Å²) >= 11 is 0. The number of nitrogens with two attached hydrogens (primary N) is 1. The second-order valence-corrected chi connectivity index (χ2v) is 5.14. The van der Waals surface area contributed by atoms with Gasteiger partial charge in [0.1, 0.15) is 0 Å². The van der Waals surface area contributed by atoms with Crippen molar-refractivity contribution in [3.63, 3.8) is 0 Å². The third-order valence-corrected chi connectivity index (χ3v) is 3.57. The van der Waals surface area contributed by atoms with Gasteiger partial charge < -0.3 is 10.6 Å². The zero-order valence-electron chi connectivity index (χ0n) is 11.2. The van der Waals surface area contributed by atoms with Crippen LogP contribution in [0, 0.1) is 23.0 Å². The normalized spacial score (nSPS) is 19.5. The monoisotopic (exact) mass is 264 g/mol. The molecule has 6 heteroatoms. The number of hydrogen-bond acceptors (Lipinski definition) is 5. The van der Waals surface area contributed by atoms with Gasteiger partial charge in [0.25, 0.3) is 0 Å². The molecule has 2 heterocycles. The Morgan fingerprint density at radius 3 is 3.11 bits per heavy atom. The van der Waals surface area contributed by atoms with Crippen LogP contribution >= 0.6 is 0 Å². The third-order valence-electron chi connectivity index (χ3n) is 3.57. The van der Waals surface area contributed by atoms with Gasteiger partial charge in [-0.15, -0.1) is 0 Å². The molecule has 0 saturated carbocycles. The molecule has 1 aromatic heterocycles. The van der Waals surface area contributed by atoms with Gasteiger partial charge >= 0.3 is 5.69 Å². The molecule has 1 atom stereocenters. The van der Waals surface area contributed by atoms with Crippen molar-refractivity contribution in [3.05, 3.63) is 27.9 Å². The molecule has 2 N–H and O–H groups in total. The second-order valence-electron chi connectivity index (χ2n) is 5.14. The number of pyridine rings is 1. The second kappa shape index (κ2) is 5.97. The van der Waals surface area contributed by atoms with Crippen LogP contribution < -0.4 is 10.6 Å². The highest BCUT2D eigenvalue weighted by molar-refractivity contribution is 5.58. The third kappa shape index (κ3) is 3.20. The fraction of sp³-hybridized carbons (Fsp3) is 0.615. The van der Waals surface area contributed by atoms with Crippen LogP contribution in [0.25, 0.3) is 0 Å². The summed E-state index contributed by atoms with van der Waals surface area (Å²) < 4.78 is 0. The molecule has 2 rings (SSSR count). The van der Waals surface area contributed by atoms with Crippen LogP contribution in [0.15, 0.2) is 12.3 Å². The molecule has 0 aromatic carbocycles. The van der Waals surface area contributed by atoms with Crippen LogP contribution in [0.1, 0.15) is 24.8 Å². The molecule has 6 nitrogen and oxygen atoms in total. The molecule has 0 bridgehead atoms. The molecule has 19 heavy (non-hydrogen) atoms. The summed E-state index contributed by atoms with van der Waals surface area (Å²) in [4.78, 5) is 17.1. The standard InChI is InChI=1S/C13H20N4O2/c1-10-7-12(17(18)19)13(15-8-10)16-6-2-3-11(9-16)4-5-14/h7-8,11H,2-6,9,14H2,1H3. The summed E-state index contributed by atoms with van der Waals surface area (Å²) in [5.74, 6) is 1.01. The minimum atomic E-state index is -0.345. The molecule has 1 aromatic rings. The highest BCUT2D eigenvalue weighted by Crippen LogP contribution is 2.30. The van der Waals surface area contributed by atoms with Crippen LogP contribution in [0.3, 0.4) is 0 Å². The van der Waals surface area contributed by atoms with E-state index in [0.717, 1.165) is 37.9 Å². The van der Waals surface area contributed by atoms with Gasteiger partial charge in [0, 0.05) is 25.4 Å². The highest BCUT2D eigenvalue weighted by atomic mass is 16.6. The molecule has 1 saturated heterocycles. The molecule has 104 valence electrons. The zero-order chi connectivity index (χ0) is 13.8. The lowest BCUT2D eigenvalue weighted by atomic mass is 9.95. The summed E-state index contributed by atoms with van der Waals surface area (Å²) in [6.07, 6.45) is 4.84. The van der Waals surface area contributed by atoms with Gasteiger partial charge in [-0.25, -0.2) is 4.98 Å². The van der Waals surface area contributed by atoms with Crippen LogP contribution in [0.2, 0.25) is 0 Å². The SMILES string of the molecule is Cc1cnc(N2CCCC(CCN)C2)c([N+](=O)[O-])c1. The molecule has 1 unspecified atom stereocenters. The Bertz CT molecular complexity index is 462. The van der Waals surface area contributed by atoms with E-state index in [1.807, 2.05) is 11.8 Å². The smallest absolute Gasteiger partial charge is 0.311 e. The summed E-state index contributed by atoms with van der Waals surface area (Å²) in [6, 6.07) is 1.59. The average Bonchev–Trinajstić information content (AvgIpc) is 2.39. The Hall–Kier alpha value is -1.69. The van der Waals surface area contributed by atoms with E-state index in [-0.39, 0.29) is 10.6 Å². The topological polar surface area (TPSA) is 85.3 Å². The van der Waals surface area contributed by atoms with E-state index >= 15 is 0 Å². The molecule has 0 spiro atoms. The largest absolute Gasteiger partial charge is 0.351 e. The Kier molecular flexibility index (Phi) is 4.31. The minimum absolute atomic E-state index is 0.105. The molecule has 1 aliphatic rings. The molecule has 1 aliphatic heterocycles. The number of piperidine rings is 1. The number of rotatable bonds is 4. The number of aromatic nitrogens is 1. The van der Waals surface area contributed by atoms with Gasteiger partial charge in [-0.05, 0) is 44.2 Å². The molecular formula is C13H20N4O2. The van der Waals surface area contributed by atoms with Crippen molar-refractivity contribution in [3.8, 4) is 0 Å². The summed E-state index contributed by atoms with van der Waals surface area (Å²) in [5, 5.41) is 11.1. The number of nitrogens with zero attached hydrogens (tertiary/aromatic N) is 3. The quantitative estimate of drug-likeness (QED) is 0.662. The summed E-state index contributed by atoms with van der Waals surface area (Å²) in [5.41, 5.74) is 6.52. The lowest BCUT2D eigenvalue weighted by Gasteiger charge is -2.33. The Balaban J connectivity index is 2.23. The highest BCUT2D eigenvalue weighted by Gasteiger charge is 2.26. The van der Waals surface area contributed by atoms with E-state index < -0.39 is 0 Å². The lowest BCUT2D eigenvalue weighted by molar-refractivity contribution is -0.384. The number of aryl methyl sites for hydroxylation is 1. The predicted molar refractivity (Wildman–Crippen MR) is 74.2 cm³/mol. The molecule has 0 radical (unpaired) electrons. The van der Waals surface area contributed by atoms with Gasteiger partial charge in [0.15, 0.2) is 0 Å². The summed E-state index contributed by atoms with van der Waals surface area (Å²) in [6.45, 7) is 4.13. The zero-order valence-corrected chi connectivity index (χ0v) is 11.2. The van der Waals surface area contributed by atoms with E-state index in [0.29, 0.717) is 18.3 Å². The van der Waals surface area contributed by atoms with Crippen molar-refractivity contribution in [1.82, 2.24) is 4.98 Å². The number of nitro groups is 1. The van der Waals surface area contributed by atoms with E-state index in [2.05, 4.69) is 4.98 Å². The molecule has 0 amide bonds. The maximum absolute atomic E-state index is 11.1. The average molecular weight is 264 g/mol. The maximum Gasteiger partial charge on any atom is 0.311 e. The maximum atomic E-state index is 11.1. The van der Waals surface area contributed by atoms with Crippen molar-refractivity contribution in [1.29, 1.82) is 0 Å². The molecule has 1 fully saturated rings. The van der Waals surface area contributed by atoms with E-state index in [4.69, 9.17) is 5.73 Å². The van der Waals surface area contributed by atoms with Gasteiger partial charge in [-0.3, -0.25) is 10.1 Å². The van der Waals surface area contributed by atoms with Crippen LogP contribution in [0.4, 0.5) is 11.5 Å². The fourth-order valence-electron chi connectivity index (χ4n) is 2.65. The number of anilines is 1. The van der Waals surface area contributed by atoms with Crippen molar-refractivity contribution in [2.75, 3.05) is 24.5 Å². The van der Waals surface area contributed by atoms with Gasteiger partial charge in [-0.1, -0.05) is 0 Å². The molecule has 0 aliphatic carbocycles. The van der Waals surface area contributed by atoms with Crippen molar-refractivity contribution in [2.45, 2.75) is 26.2 Å². The van der Waals surface area contributed by atoms with Crippen molar-refractivity contribution in [2.24, 2.45) is 11.7 Å². The first kappa shape index (κ1) is 13.7. The van der Waals surface area contributed by atoms with Crippen LogP contribution in [-0.4, -0.2) is 29.5 Å². The van der Waals surface area contributed by atoms with Crippen LogP contribution in [0.5, 0.6) is 0 Å². The Labute approximate surface area is 112 Å². The first-order valence-electron chi connectivity index (χ1n) is 6.68. The van der Waals surface area contributed by atoms with Gasteiger partial charge in [-0.2, -0.15) is 0 Å². The van der Waals surface area contributed by atoms with Gasteiger partial charge in [0.05, 0.1) is 4.92 Å². The minimum Gasteiger partial charge on any atom is -0.351 e. The van der Waals surface area contributed by atoms with Crippen molar-refractivity contribution < 1.29 is 4.92 Å². The van der Waals surface area contributed by atoms with E-state index in [9.17, 15) is 10.1 Å². The van der Waals surface area contributed by atoms with E-state index in [1.165, 1.54) is 0 Å². The predicted octanol–water partition coefficient (Wildman–Crippen LogP) is 1.86. The van der Waals surface area contributed by atoms with Gasteiger partial charge in [0.2, 0.25) is 5.82 Å².